The van der Waals surface area contributed by atoms with Crippen LogP contribution in [0, 0.1) is 5.82 Å². The molecule has 0 bridgehead atoms. The third-order valence-corrected chi connectivity index (χ3v) is 4.64. The molecule has 3 aromatic heterocycles. The molecule has 3 N–H and O–H groups in total. The molecule has 0 fully saturated rings. The molecule has 0 aliphatic carbocycles. The third-order valence-electron chi connectivity index (χ3n) is 4.22. The topological polar surface area (TPSA) is 98.4 Å². The number of alkyl halides is 3. The SMILES string of the molecule is CN(Cc1ccc2[nH]cnc2c1Cl)c1ncc(F)c(Nc2cc(C(F)(F)F)[nH]n2)n1. The second-order valence-corrected chi connectivity index (χ2v) is 6.73. The Bertz CT molecular complexity index is 1200. The monoisotopic (exact) mass is 440 g/mol. The highest BCUT2D eigenvalue weighted by Gasteiger charge is 2.33. The second-order valence-electron chi connectivity index (χ2n) is 6.35. The molecule has 0 saturated heterocycles. The summed E-state index contributed by atoms with van der Waals surface area (Å²) in [5, 5.41) is 8.19. The van der Waals surface area contributed by atoms with Crippen molar-refractivity contribution in [1.29, 1.82) is 0 Å². The van der Waals surface area contributed by atoms with Crippen molar-refractivity contribution in [2.75, 3.05) is 17.3 Å². The Morgan fingerprint density at radius 2 is 2.03 bits per heavy atom. The van der Waals surface area contributed by atoms with Crippen LogP contribution in [-0.2, 0) is 12.7 Å². The van der Waals surface area contributed by atoms with E-state index in [1.54, 1.807) is 11.9 Å². The Balaban J connectivity index is 1.56. The first kappa shape index (κ1) is 19.9. The number of hydrogen-bond acceptors (Lipinski definition) is 6. The summed E-state index contributed by atoms with van der Waals surface area (Å²) in [7, 11) is 1.67. The zero-order valence-electron chi connectivity index (χ0n) is 15.2. The molecule has 8 nitrogen and oxygen atoms in total. The largest absolute Gasteiger partial charge is 0.432 e. The molecule has 1 aromatic carbocycles. The maximum atomic E-state index is 14.1. The van der Waals surface area contributed by atoms with Gasteiger partial charge >= 0.3 is 6.18 Å². The van der Waals surface area contributed by atoms with Crippen molar-refractivity contribution in [3.8, 4) is 0 Å². The summed E-state index contributed by atoms with van der Waals surface area (Å²) in [4.78, 5) is 16.7. The van der Waals surface area contributed by atoms with Crippen molar-refractivity contribution in [3.05, 3.63) is 52.8 Å². The van der Waals surface area contributed by atoms with Gasteiger partial charge in [-0.25, -0.2) is 14.4 Å². The fourth-order valence-electron chi connectivity index (χ4n) is 2.75. The number of benzene rings is 1. The Kier molecular flexibility index (Phi) is 4.94. The number of anilines is 3. The molecule has 156 valence electrons. The summed E-state index contributed by atoms with van der Waals surface area (Å²) in [5.41, 5.74) is 1.07. The van der Waals surface area contributed by atoms with E-state index in [-0.39, 0.29) is 24.1 Å². The Morgan fingerprint density at radius 1 is 1.23 bits per heavy atom. The average molecular weight is 441 g/mol. The van der Waals surface area contributed by atoms with Gasteiger partial charge in [0.2, 0.25) is 5.95 Å². The smallest absolute Gasteiger partial charge is 0.345 e. The molecule has 0 aliphatic rings. The van der Waals surface area contributed by atoms with Crippen molar-refractivity contribution >= 4 is 40.2 Å². The van der Waals surface area contributed by atoms with Gasteiger partial charge in [-0.15, -0.1) is 0 Å². The standard InChI is InChI=1S/C17H13ClF4N8/c1-30(6-8-2-3-10-14(13(8)18)25-7-24-10)16-23-5-9(19)15(27-16)26-12-4-11(28-29-12)17(20,21)22/h2-5,7H,6H2,1H3,(H,24,25)(H2,23,26,27,28,29). The van der Waals surface area contributed by atoms with Crippen molar-refractivity contribution in [2.45, 2.75) is 12.7 Å². The average Bonchev–Trinajstić information content (AvgIpc) is 3.35. The lowest BCUT2D eigenvalue weighted by atomic mass is 10.2. The number of fused-ring (bicyclic) bond motifs is 1. The van der Waals surface area contributed by atoms with E-state index in [0.717, 1.165) is 17.3 Å². The second kappa shape index (κ2) is 7.44. The fourth-order valence-corrected chi connectivity index (χ4v) is 3.02. The van der Waals surface area contributed by atoms with Gasteiger partial charge in [0.25, 0.3) is 0 Å². The van der Waals surface area contributed by atoms with E-state index in [9.17, 15) is 17.6 Å². The number of rotatable bonds is 5. The first-order chi connectivity index (χ1) is 14.2. The zero-order valence-corrected chi connectivity index (χ0v) is 16.0. The van der Waals surface area contributed by atoms with Gasteiger partial charge in [-0.1, -0.05) is 17.7 Å². The predicted octanol–water partition coefficient (Wildman–Crippen LogP) is 4.27. The summed E-state index contributed by atoms with van der Waals surface area (Å²) in [5.74, 6) is -1.27. The molecule has 0 saturated carbocycles. The van der Waals surface area contributed by atoms with Gasteiger partial charge in [0, 0.05) is 19.7 Å². The van der Waals surface area contributed by atoms with E-state index in [4.69, 9.17) is 11.6 Å². The van der Waals surface area contributed by atoms with E-state index >= 15 is 0 Å². The maximum absolute atomic E-state index is 14.1. The minimum atomic E-state index is -4.60. The summed E-state index contributed by atoms with van der Waals surface area (Å²) >= 11 is 6.39. The van der Waals surface area contributed by atoms with Crippen molar-refractivity contribution in [1.82, 2.24) is 30.1 Å². The molecule has 4 aromatic rings. The number of aromatic amines is 2. The molecular weight excluding hydrogens is 428 g/mol. The van der Waals surface area contributed by atoms with Crippen LogP contribution in [0.4, 0.5) is 35.1 Å². The first-order valence-corrected chi connectivity index (χ1v) is 8.84. The van der Waals surface area contributed by atoms with Crippen LogP contribution in [0.1, 0.15) is 11.3 Å². The van der Waals surface area contributed by atoms with Gasteiger partial charge < -0.3 is 15.2 Å². The highest BCUT2D eigenvalue weighted by Crippen LogP contribution is 2.30. The lowest BCUT2D eigenvalue weighted by Gasteiger charge is -2.18. The van der Waals surface area contributed by atoms with Crippen molar-refractivity contribution in [3.63, 3.8) is 0 Å². The molecule has 0 amide bonds. The van der Waals surface area contributed by atoms with Gasteiger partial charge in [-0.05, 0) is 11.6 Å². The summed E-state index contributed by atoms with van der Waals surface area (Å²) in [6.07, 6.45) is -2.15. The molecular formula is C17H13ClF4N8. The van der Waals surface area contributed by atoms with E-state index in [0.29, 0.717) is 16.6 Å². The fraction of sp³-hybridized carbons (Fsp3) is 0.176. The zero-order chi connectivity index (χ0) is 21.5. The minimum absolute atomic E-state index is 0.128. The first-order valence-electron chi connectivity index (χ1n) is 8.46. The lowest BCUT2D eigenvalue weighted by Crippen LogP contribution is -2.20. The summed E-state index contributed by atoms with van der Waals surface area (Å²) in [6.45, 7) is 0.285. The number of nitrogens with zero attached hydrogens (tertiary/aromatic N) is 5. The number of nitrogens with one attached hydrogen (secondary N) is 3. The van der Waals surface area contributed by atoms with Crippen LogP contribution in [0.3, 0.4) is 0 Å². The Labute approximate surface area is 171 Å². The van der Waals surface area contributed by atoms with Crippen LogP contribution < -0.4 is 10.2 Å². The van der Waals surface area contributed by atoms with Crippen molar-refractivity contribution < 1.29 is 17.6 Å². The summed E-state index contributed by atoms with van der Waals surface area (Å²) < 4.78 is 52.1. The predicted molar refractivity (Wildman–Crippen MR) is 102 cm³/mol. The van der Waals surface area contributed by atoms with E-state index < -0.39 is 17.7 Å². The van der Waals surface area contributed by atoms with Gasteiger partial charge in [-0.3, -0.25) is 5.10 Å². The maximum Gasteiger partial charge on any atom is 0.432 e. The van der Waals surface area contributed by atoms with Gasteiger partial charge in [-0.2, -0.15) is 23.3 Å². The number of H-pyrrole nitrogens is 2. The van der Waals surface area contributed by atoms with Crippen LogP contribution >= 0.6 is 11.6 Å². The minimum Gasteiger partial charge on any atom is -0.345 e. The van der Waals surface area contributed by atoms with E-state index in [2.05, 4.69) is 30.4 Å². The molecule has 30 heavy (non-hydrogen) atoms. The van der Waals surface area contributed by atoms with E-state index in [1.165, 1.54) is 6.33 Å². The Morgan fingerprint density at radius 3 is 2.77 bits per heavy atom. The number of aromatic nitrogens is 6. The molecule has 13 heteroatoms. The van der Waals surface area contributed by atoms with Gasteiger partial charge in [0.1, 0.15) is 11.2 Å². The lowest BCUT2D eigenvalue weighted by molar-refractivity contribution is -0.141. The number of halogens is 5. The molecule has 4 rings (SSSR count). The van der Waals surface area contributed by atoms with Gasteiger partial charge in [0.05, 0.1) is 23.1 Å². The molecule has 0 atom stereocenters. The highest BCUT2D eigenvalue weighted by molar-refractivity contribution is 6.35. The van der Waals surface area contributed by atoms with Crippen LogP contribution in [0.5, 0.6) is 0 Å². The molecule has 0 aliphatic heterocycles. The van der Waals surface area contributed by atoms with Crippen LogP contribution in [0.15, 0.2) is 30.7 Å². The number of imidazole rings is 1. The van der Waals surface area contributed by atoms with Crippen LogP contribution in [0.25, 0.3) is 11.0 Å². The van der Waals surface area contributed by atoms with Crippen LogP contribution in [0.2, 0.25) is 5.02 Å². The Hall–Kier alpha value is -3.41. The van der Waals surface area contributed by atoms with Crippen molar-refractivity contribution in [2.24, 2.45) is 0 Å². The van der Waals surface area contributed by atoms with E-state index in [1.807, 2.05) is 17.2 Å². The highest BCUT2D eigenvalue weighted by atomic mass is 35.5. The normalized spacial score (nSPS) is 11.8. The molecule has 0 unspecified atom stereocenters. The quantitative estimate of drug-likeness (QED) is 0.401. The molecule has 3 heterocycles. The third kappa shape index (κ3) is 3.85. The molecule has 0 radical (unpaired) electrons. The van der Waals surface area contributed by atoms with Gasteiger partial charge in [0.15, 0.2) is 17.5 Å². The number of hydrogen-bond donors (Lipinski definition) is 3. The summed E-state index contributed by atoms with van der Waals surface area (Å²) in [6, 6.07) is 4.35. The van der Waals surface area contributed by atoms with Crippen LogP contribution in [-0.4, -0.2) is 37.2 Å². The molecule has 0 spiro atoms.